The molecule has 1 unspecified atom stereocenters. The van der Waals surface area contributed by atoms with Crippen molar-refractivity contribution >= 4 is 38.0 Å². The number of aromatic nitrogens is 2. The van der Waals surface area contributed by atoms with E-state index in [9.17, 15) is 8.42 Å². The van der Waals surface area contributed by atoms with E-state index in [1.54, 1.807) is 0 Å². The lowest BCUT2D eigenvalue weighted by molar-refractivity contribution is 0.599. The van der Waals surface area contributed by atoms with Gasteiger partial charge in [0.1, 0.15) is 10.5 Å². The molecule has 1 aliphatic rings. The van der Waals surface area contributed by atoms with Crippen molar-refractivity contribution in [3.63, 3.8) is 0 Å². The number of nitrogens with zero attached hydrogens (tertiary/aromatic N) is 1. The molecule has 1 N–H and O–H groups in total. The van der Waals surface area contributed by atoms with Crippen LogP contribution in [0.4, 0.5) is 0 Å². The second-order valence-corrected chi connectivity index (χ2v) is 8.83. The van der Waals surface area contributed by atoms with Crippen molar-refractivity contribution in [3.05, 3.63) is 20.6 Å². The van der Waals surface area contributed by atoms with Crippen molar-refractivity contribution in [2.45, 2.75) is 32.6 Å². The summed E-state index contributed by atoms with van der Waals surface area (Å²) >= 11 is 8.70. The standard InChI is InChI=1S/C12H17BrN2O2S2/c1-7(2)5-9-10(13)12(18)15-11(14-9)8-3-4-19(16,17)6-8/h7-8H,3-6H2,1-2H3,(H,14,15,18). The fourth-order valence-corrected chi connectivity index (χ4v) is 4.60. The molecule has 1 aromatic heterocycles. The number of H-pyrrole nitrogens is 1. The quantitative estimate of drug-likeness (QED) is 0.837. The maximum Gasteiger partial charge on any atom is 0.151 e. The van der Waals surface area contributed by atoms with E-state index in [0.29, 0.717) is 22.8 Å². The fourth-order valence-electron chi connectivity index (χ4n) is 2.28. The Hall–Kier alpha value is -0.270. The molecule has 2 heterocycles. The van der Waals surface area contributed by atoms with Gasteiger partial charge < -0.3 is 4.98 Å². The summed E-state index contributed by atoms with van der Waals surface area (Å²) < 4.78 is 24.4. The average Bonchev–Trinajstić information content (AvgIpc) is 2.64. The molecule has 1 fully saturated rings. The molecule has 0 aliphatic carbocycles. The van der Waals surface area contributed by atoms with Gasteiger partial charge in [-0.05, 0) is 34.7 Å². The second-order valence-electron chi connectivity index (χ2n) is 5.42. The first-order valence-corrected chi connectivity index (χ1v) is 9.30. The van der Waals surface area contributed by atoms with Crippen LogP contribution in [0.25, 0.3) is 0 Å². The van der Waals surface area contributed by atoms with Crippen LogP contribution in [0.1, 0.15) is 37.7 Å². The van der Waals surface area contributed by atoms with Gasteiger partial charge in [-0.3, -0.25) is 0 Å². The van der Waals surface area contributed by atoms with Crippen LogP contribution in [0, 0.1) is 10.6 Å². The molecule has 7 heteroatoms. The average molecular weight is 365 g/mol. The van der Waals surface area contributed by atoms with E-state index in [1.807, 2.05) is 0 Å². The summed E-state index contributed by atoms with van der Waals surface area (Å²) in [6.07, 6.45) is 1.49. The maximum absolute atomic E-state index is 11.6. The molecular formula is C12H17BrN2O2S2. The SMILES string of the molecule is CC(C)Cc1[nH]c(C2CCS(=O)(=O)C2)nc(=S)c1Br. The molecule has 1 aromatic rings. The van der Waals surface area contributed by atoms with E-state index in [-0.39, 0.29) is 17.4 Å². The number of hydrogen-bond acceptors (Lipinski definition) is 4. The summed E-state index contributed by atoms with van der Waals surface area (Å²) in [4.78, 5) is 7.61. The van der Waals surface area contributed by atoms with Crippen molar-refractivity contribution in [1.29, 1.82) is 0 Å². The molecule has 0 radical (unpaired) electrons. The summed E-state index contributed by atoms with van der Waals surface area (Å²) in [5.41, 5.74) is 1.01. The third kappa shape index (κ3) is 3.64. The minimum absolute atomic E-state index is 0.0503. The van der Waals surface area contributed by atoms with Crippen LogP contribution in [0.5, 0.6) is 0 Å². The summed E-state index contributed by atoms with van der Waals surface area (Å²) in [5.74, 6) is 1.57. The Kier molecular flexibility index (Phi) is 4.47. The Morgan fingerprint density at radius 1 is 1.53 bits per heavy atom. The van der Waals surface area contributed by atoms with Crippen molar-refractivity contribution < 1.29 is 8.42 Å². The summed E-state index contributed by atoms with van der Waals surface area (Å²) in [6.45, 7) is 4.26. The van der Waals surface area contributed by atoms with E-state index in [0.717, 1.165) is 16.6 Å². The van der Waals surface area contributed by atoms with Crippen LogP contribution in [0.15, 0.2) is 4.47 Å². The normalized spacial score (nSPS) is 22.0. The molecule has 106 valence electrons. The number of sulfone groups is 1. The molecule has 1 aliphatic heterocycles. The van der Waals surface area contributed by atoms with Gasteiger partial charge in [0.2, 0.25) is 0 Å². The molecule has 0 saturated carbocycles. The molecule has 1 saturated heterocycles. The first kappa shape index (κ1) is 15.1. The van der Waals surface area contributed by atoms with Crippen molar-refractivity contribution in [2.75, 3.05) is 11.5 Å². The topological polar surface area (TPSA) is 62.8 Å². The Labute approximate surface area is 127 Å². The zero-order chi connectivity index (χ0) is 14.2. The maximum atomic E-state index is 11.6. The van der Waals surface area contributed by atoms with Crippen molar-refractivity contribution in [2.24, 2.45) is 5.92 Å². The molecular weight excluding hydrogens is 348 g/mol. The van der Waals surface area contributed by atoms with Gasteiger partial charge in [-0.25, -0.2) is 13.4 Å². The first-order chi connectivity index (χ1) is 8.78. The fraction of sp³-hybridized carbons (Fsp3) is 0.667. The van der Waals surface area contributed by atoms with Gasteiger partial charge in [-0.1, -0.05) is 26.1 Å². The number of halogens is 1. The zero-order valence-electron chi connectivity index (χ0n) is 10.9. The molecule has 1 atom stereocenters. The summed E-state index contributed by atoms with van der Waals surface area (Å²) in [5, 5.41) is 0. The van der Waals surface area contributed by atoms with Crippen LogP contribution >= 0.6 is 28.1 Å². The van der Waals surface area contributed by atoms with Crippen LogP contribution in [-0.4, -0.2) is 29.9 Å². The molecule has 0 amide bonds. The van der Waals surface area contributed by atoms with E-state index in [2.05, 4.69) is 39.7 Å². The van der Waals surface area contributed by atoms with Crippen LogP contribution in [-0.2, 0) is 16.3 Å². The molecule has 0 spiro atoms. The third-order valence-electron chi connectivity index (χ3n) is 3.19. The van der Waals surface area contributed by atoms with Gasteiger partial charge in [0.25, 0.3) is 0 Å². The van der Waals surface area contributed by atoms with Crippen LogP contribution in [0.2, 0.25) is 0 Å². The molecule has 0 aromatic carbocycles. The van der Waals surface area contributed by atoms with Crippen LogP contribution in [0.3, 0.4) is 0 Å². The Bertz CT molecular complexity index is 638. The first-order valence-electron chi connectivity index (χ1n) is 6.27. The number of aromatic amines is 1. The Morgan fingerprint density at radius 2 is 2.21 bits per heavy atom. The third-order valence-corrected chi connectivity index (χ3v) is 6.37. The van der Waals surface area contributed by atoms with E-state index in [1.165, 1.54) is 0 Å². The van der Waals surface area contributed by atoms with E-state index in [4.69, 9.17) is 12.2 Å². The van der Waals surface area contributed by atoms with Gasteiger partial charge in [-0.15, -0.1) is 0 Å². The highest BCUT2D eigenvalue weighted by atomic mass is 79.9. The number of nitrogens with one attached hydrogen (secondary N) is 1. The van der Waals surface area contributed by atoms with E-state index >= 15 is 0 Å². The van der Waals surface area contributed by atoms with Crippen LogP contribution < -0.4 is 0 Å². The predicted octanol–water partition coefficient (Wildman–Crippen LogP) is 3.00. The zero-order valence-corrected chi connectivity index (χ0v) is 14.2. The predicted molar refractivity (Wildman–Crippen MR) is 81.7 cm³/mol. The van der Waals surface area contributed by atoms with Crippen molar-refractivity contribution in [1.82, 2.24) is 9.97 Å². The lowest BCUT2D eigenvalue weighted by Crippen LogP contribution is -2.10. The molecule has 19 heavy (non-hydrogen) atoms. The highest BCUT2D eigenvalue weighted by Crippen LogP contribution is 2.28. The molecule has 4 nitrogen and oxygen atoms in total. The Morgan fingerprint density at radius 3 is 2.74 bits per heavy atom. The number of rotatable bonds is 3. The minimum atomic E-state index is -2.91. The molecule has 2 rings (SSSR count). The van der Waals surface area contributed by atoms with Crippen molar-refractivity contribution in [3.8, 4) is 0 Å². The van der Waals surface area contributed by atoms with Gasteiger partial charge in [-0.2, -0.15) is 0 Å². The summed E-state index contributed by atoms with van der Waals surface area (Å²) in [6, 6.07) is 0. The van der Waals surface area contributed by atoms with Gasteiger partial charge in [0, 0.05) is 11.6 Å². The number of hydrogen-bond donors (Lipinski definition) is 1. The highest BCUT2D eigenvalue weighted by molar-refractivity contribution is 9.10. The monoisotopic (exact) mass is 364 g/mol. The highest BCUT2D eigenvalue weighted by Gasteiger charge is 2.31. The molecule has 0 bridgehead atoms. The van der Waals surface area contributed by atoms with Gasteiger partial charge in [0.15, 0.2) is 9.84 Å². The lowest BCUT2D eigenvalue weighted by Gasteiger charge is -2.13. The second kappa shape index (κ2) is 5.61. The summed E-state index contributed by atoms with van der Waals surface area (Å²) in [7, 11) is -2.91. The smallest absolute Gasteiger partial charge is 0.151 e. The minimum Gasteiger partial charge on any atom is -0.346 e. The lowest BCUT2D eigenvalue weighted by atomic mass is 10.1. The van der Waals surface area contributed by atoms with E-state index < -0.39 is 9.84 Å². The largest absolute Gasteiger partial charge is 0.346 e. The Balaban J connectivity index is 2.37. The van der Waals surface area contributed by atoms with Gasteiger partial charge in [0.05, 0.1) is 16.0 Å². The van der Waals surface area contributed by atoms with Gasteiger partial charge >= 0.3 is 0 Å².